The van der Waals surface area contributed by atoms with Gasteiger partial charge in [-0.05, 0) is 19.3 Å². The van der Waals surface area contributed by atoms with E-state index in [1.54, 1.807) is 0 Å². The largest absolute Gasteiger partial charge is 0.324 e. The first kappa shape index (κ1) is 11.0. The van der Waals surface area contributed by atoms with Crippen LogP contribution in [-0.4, -0.2) is 20.0 Å². The summed E-state index contributed by atoms with van der Waals surface area (Å²) in [5, 5.41) is 10.0. The molecule has 1 aromatic heterocycles. The zero-order valence-corrected chi connectivity index (χ0v) is 10.1. The first-order valence-electron chi connectivity index (χ1n) is 5.56. The summed E-state index contributed by atoms with van der Waals surface area (Å²) < 4.78 is 2.23. The normalized spacial score (nSPS) is 18.1. The second kappa shape index (κ2) is 4.53. The minimum atomic E-state index is 0.491. The second-order valence-corrected chi connectivity index (χ2v) is 5.45. The van der Waals surface area contributed by atoms with Crippen LogP contribution in [0, 0.1) is 0 Å². The van der Waals surface area contributed by atoms with Crippen molar-refractivity contribution in [1.29, 1.82) is 0 Å². The fourth-order valence-electron chi connectivity index (χ4n) is 1.49. The average Bonchev–Trinajstić information content (AvgIpc) is 3.00. The number of rotatable bonds is 5. The molecule has 0 saturated heterocycles. The summed E-state index contributed by atoms with van der Waals surface area (Å²) in [6.07, 6.45) is 3.65. The summed E-state index contributed by atoms with van der Waals surface area (Å²) in [6, 6.07) is 0.616. The molecule has 1 aliphatic carbocycles. The molecule has 15 heavy (non-hydrogen) atoms. The molecule has 0 spiro atoms. The van der Waals surface area contributed by atoms with Crippen LogP contribution in [-0.2, 0) is 6.54 Å². The number of aromatic nitrogens is 3. The summed E-state index contributed by atoms with van der Waals surface area (Å²) >= 11 is 1.81. The van der Waals surface area contributed by atoms with Gasteiger partial charge in [-0.3, -0.25) is 0 Å². The second-order valence-electron chi connectivity index (χ2n) is 4.04. The van der Waals surface area contributed by atoms with Crippen molar-refractivity contribution in [3.63, 3.8) is 0 Å². The van der Waals surface area contributed by atoms with E-state index in [-0.39, 0.29) is 0 Å². The molecule has 1 aromatic rings. The van der Waals surface area contributed by atoms with Crippen LogP contribution in [0.4, 0.5) is 0 Å². The van der Waals surface area contributed by atoms with E-state index in [0.29, 0.717) is 17.8 Å². The van der Waals surface area contributed by atoms with Crippen LogP contribution >= 0.6 is 11.8 Å². The Morgan fingerprint density at radius 2 is 2.27 bits per heavy atom. The molecule has 1 atom stereocenters. The highest BCUT2D eigenvalue weighted by Gasteiger charge is 2.29. The zero-order valence-electron chi connectivity index (χ0n) is 9.31. The molecule has 1 aliphatic rings. The van der Waals surface area contributed by atoms with E-state index >= 15 is 0 Å². The Labute approximate surface area is 94.6 Å². The lowest BCUT2D eigenvalue weighted by molar-refractivity contribution is 0.625. The Hall–Kier alpha value is -0.550. The fourth-order valence-corrected chi connectivity index (χ4v) is 2.47. The molecular formula is C10H18N4S. The highest BCUT2D eigenvalue weighted by atomic mass is 32.2. The average molecular weight is 226 g/mol. The standard InChI is InChI=1S/C10H18N4S/c1-3-7(2)15-10-13-12-9(6-11)14(10)8-4-5-8/h7-8H,3-6,11H2,1-2H3. The molecule has 2 N–H and O–H groups in total. The smallest absolute Gasteiger partial charge is 0.191 e. The number of hydrogen-bond donors (Lipinski definition) is 1. The van der Waals surface area contributed by atoms with E-state index in [9.17, 15) is 0 Å². The van der Waals surface area contributed by atoms with Crippen LogP contribution in [0.5, 0.6) is 0 Å². The number of hydrogen-bond acceptors (Lipinski definition) is 4. The van der Waals surface area contributed by atoms with Gasteiger partial charge in [0.1, 0.15) is 5.82 Å². The molecule has 0 aromatic carbocycles. The maximum Gasteiger partial charge on any atom is 0.191 e. The van der Waals surface area contributed by atoms with Gasteiger partial charge >= 0.3 is 0 Å². The maximum absolute atomic E-state index is 5.66. The van der Waals surface area contributed by atoms with E-state index in [1.807, 2.05) is 11.8 Å². The predicted octanol–water partition coefficient (Wildman–Crippen LogP) is 1.96. The van der Waals surface area contributed by atoms with Crippen LogP contribution in [0.2, 0.25) is 0 Å². The molecule has 0 amide bonds. The monoisotopic (exact) mass is 226 g/mol. The summed E-state index contributed by atoms with van der Waals surface area (Å²) in [6.45, 7) is 4.91. The third kappa shape index (κ3) is 2.34. The highest BCUT2D eigenvalue weighted by molar-refractivity contribution is 7.99. The van der Waals surface area contributed by atoms with Crippen LogP contribution < -0.4 is 5.73 Å². The first-order valence-corrected chi connectivity index (χ1v) is 6.44. The van der Waals surface area contributed by atoms with E-state index in [0.717, 1.165) is 17.4 Å². The summed E-state index contributed by atoms with van der Waals surface area (Å²) in [4.78, 5) is 0. The predicted molar refractivity (Wildman–Crippen MR) is 61.8 cm³/mol. The Bertz CT molecular complexity index is 332. The zero-order chi connectivity index (χ0) is 10.8. The van der Waals surface area contributed by atoms with E-state index in [1.165, 1.54) is 12.8 Å². The topological polar surface area (TPSA) is 56.7 Å². The van der Waals surface area contributed by atoms with E-state index < -0.39 is 0 Å². The van der Waals surface area contributed by atoms with Gasteiger partial charge in [0.15, 0.2) is 5.16 Å². The SMILES string of the molecule is CCC(C)Sc1nnc(CN)n1C1CC1. The van der Waals surface area contributed by atoms with Crippen molar-refractivity contribution in [3.05, 3.63) is 5.82 Å². The summed E-state index contributed by atoms with van der Waals surface area (Å²) in [7, 11) is 0. The lowest BCUT2D eigenvalue weighted by Crippen LogP contribution is -2.08. The molecule has 1 saturated carbocycles. The van der Waals surface area contributed by atoms with Crippen LogP contribution in [0.25, 0.3) is 0 Å². The lowest BCUT2D eigenvalue weighted by atomic mass is 10.4. The summed E-state index contributed by atoms with van der Waals surface area (Å²) in [5.74, 6) is 0.934. The number of nitrogens with zero attached hydrogens (tertiary/aromatic N) is 3. The molecule has 84 valence electrons. The molecule has 1 fully saturated rings. The minimum absolute atomic E-state index is 0.491. The highest BCUT2D eigenvalue weighted by Crippen LogP contribution is 2.39. The molecule has 4 nitrogen and oxygen atoms in total. The van der Waals surface area contributed by atoms with Crippen molar-refractivity contribution in [3.8, 4) is 0 Å². The molecule has 1 heterocycles. The van der Waals surface area contributed by atoms with E-state index in [4.69, 9.17) is 5.73 Å². The molecular weight excluding hydrogens is 208 g/mol. The molecule has 0 bridgehead atoms. The quantitative estimate of drug-likeness (QED) is 0.780. The Morgan fingerprint density at radius 3 is 2.80 bits per heavy atom. The fraction of sp³-hybridized carbons (Fsp3) is 0.800. The van der Waals surface area contributed by atoms with Crippen LogP contribution in [0.3, 0.4) is 0 Å². The Morgan fingerprint density at radius 1 is 1.53 bits per heavy atom. The van der Waals surface area contributed by atoms with Gasteiger partial charge in [-0.15, -0.1) is 10.2 Å². The van der Waals surface area contributed by atoms with Gasteiger partial charge in [0.2, 0.25) is 0 Å². The third-order valence-electron chi connectivity index (χ3n) is 2.71. The Kier molecular flexibility index (Phi) is 3.31. The first-order chi connectivity index (χ1) is 7.26. The number of thioether (sulfide) groups is 1. The maximum atomic E-state index is 5.66. The van der Waals surface area contributed by atoms with Gasteiger partial charge in [0.05, 0.1) is 6.54 Å². The summed E-state index contributed by atoms with van der Waals surface area (Å²) in [5.41, 5.74) is 5.66. The van der Waals surface area contributed by atoms with Gasteiger partial charge in [0, 0.05) is 11.3 Å². The van der Waals surface area contributed by atoms with E-state index in [2.05, 4.69) is 28.6 Å². The molecule has 0 aliphatic heterocycles. The van der Waals surface area contributed by atoms with Gasteiger partial charge in [-0.25, -0.2) is 0 Å². The van der Waals surface area contributed by atoms with Crippen molar-refractivity contribution >= 4 is 11.8 Å². The van der Waals surface area contributed by atoms with Crippen LogP contribution in [0.1, 0.15) is 45.0 Å². The molecule has 1 unspecified atom stereocenters. The van der Waals surface area contributed by atoms with Crippen molar-refractivity contribution in [1.82, 2.24) is 14.8 Å². The van der Waals surface area contributed by atoms with Crippen molar-refractivity contribution < 1.29 is 0 Å². The third-order valence-corrected chi connectivity index (χ3v) is 3.94. The van der Waals surface area contributed by atoms with Crippen molar-refractivity contribution in [2.45, 2.75) is 56.1 Å². The minimum Gasteiger partial charge on any atom is -0.324 e. The van der Waals surface area contributed by atoms with Crippen molar-refractivity contribution in [2.75, 3.05) is 0 Å². The lowest BCUT2D eigenvalue weighted by Gasteiger charge is -2.10. The van der Waals surface area contributed by atoms with Gasteiger partial charge < -0.3 is 10.3 Å². The van der Waals surface area contributed by atoms with Gasteiger partial charge in [0.25, 0.3) is 0 Å². The molecule has 2 rings (SSSR count). The van der Waals surface area contributed by atoms with Crippen LogP contribution in [0.15, 0.2) is 5.16 Å². The molecule has 5 heteroatoms. The van der Waals surface area contributed by atoms with Gasteiger partial charge in [-0.2, -0.15) is 0 Å². The molecule has 0 radical (unpaired) electrons. The van der Waals surface area contributed by atoms with Crippen molar-refractivity contribution in [2.24, 2.45) is 5.73 Å². The Balaban J connectivity index is 2.18. The van der Waals surface area contributed by atoms with Gasteiger partial charge in [-0.1, -0.05) is 25.6 Å². The number of nitrogens with two attached hydrogens (primary N) is 1.